The van der Waals surface area contributed by atoms with E-state index in [9.17, 15) is 9.59 Å². The minimum absolute atomic E-state index is 0.0215. The van der Waals surface area contributed by atoms with Crippen LogP contribution in [0.2, 0.25) is 0 Å². The second-order valence-electron chi connectivity index (χ2n) is 19.7. The first kappa shape index (κ1) is 67.8. The lowest BCUT2D eigenvalue weighted by atomic mass is 9.94. The van der Waals surface area contributed by atoms with Gasteiger partial charge in [-0.25, -0.2) is 0 Å². The summed E-state index contributed by atoms with van der Waals surface area (Å²) in [6.45, 7) is 27.8. The minimum atomic E-state index is 0.0215. The van der Waals surface area contributed by atoms with Crippen molar-refractivity contribution in [1.82, 2.24) is 4.90 Å². The zero-order valence-corrected chi connectivity index (χ0v) is 45.7. The quantitative estimate of drug-likeness (QED) is 0.0573. The molecule has 62 heavy (non-hydrogen) atoms. The third-order valence-corrected chi connectivity index (χ3v) is 13.1. The van der Waals surface area contributed by atoms with Gasteiger partial charge in [0.1, 0.15) is 11.6 Å². The molecule has 2 atom stereocenters. The zero-order chi connectivity index (χ0) is 47.5. The monoisotopic (exact) mass is 880 g/mol. The molecule has 0 aliphatic heterocycles. The molecule has 0 spiro atoms. The molecule has 2 unspecified atom stereocenters. The van der Waals surface area contributed by atoms with Gasteiger partial charge < -0.3 is 9.64 Å². The molecule has 0 saturated heterocycles. The first-order valence-electron chi connectivity index (χ1n) is 28.2. The van der Waals surface area contributed by atoms with E-state index in [2.05, 4.69) is 46.4 Å². The highest BCUT2D eigenvalue weighted by Gasteiger charge is 2.18. The topological polar surface area (TPSA) is 46.6 Å². The highest BCUT2D eigenvalue weighted by molar-refractivity contribution is 5.81. The van der Waals surface area contributed by atoms with Crippen LogP contribution >= 0.6 is 0 Å². The number of nitrogens with zero attached hydrogens (tertiary/aromatic N) is 1. The molecule has 0 aliphatic carbocycles. The van der Waals surface area contributed by atoms with Gasteiger partial charge >= 0.3 is 0 Å². The number of hydrogen-bond donors (Lipinski definition) is 0. The van der Waals surface area contributed by atoms with Gasteiger partial charge in [-0.1, -0.05) is 263 Å². The standard InChI is InChI=1S/C20H39NO3.2C18H38.C2H6/c1-7-16(3)19(22)12-10-18(24-15-9-14-21(5)6)11-13-20(23)17(4)8-2;2*1-4-6-8-10-12-14-16-18(3)17-15-13-11-9-7-5-2;1-2/h16-18H,7-15H2,1-6H3;2*18H,4-17H2,1-3H3;1-2H3. The minimum Gasteiger partial charge on any atom is -0.378 e. The first-order valence-corrected chi connectivity index (χ1v) is 28.2. The predicted octanol–water partition coefficient (Wildman–Crippen LogP) is 19.4. The highest BCUT2D eigenvalue weighted by atomic mass is 16.5. The third-order valence-electron chi connectivity index (χ3n) is 13.1. The number of carbonyl (C=O) groups is 2. The lowest BCUT2D eigenvalue weighted by Gasteiger charge is -2.20. The maximum atomic E-state index is 12.1. The molecule has 0 bridgehead atoms. The van der Waals surface area contributed by atoms with Crippen molar-refractivity contribution in [2.45, 2.75) is 314 Å². The molecule has 0 aromatic heterocycles. The first-order chi connectivity index (χ1) is 29.9. The van der Waals surface area contributed by atoms with Crippen LogP contribution in [0.25, 0.3) is 0 Å². The zero-order valence-electron chi connectivity index (χ0n) is 45.7. The van der Waals surface area contributed by atoms with Gasteiger partial charge in [-0.05, 0) is 64.6 Å². The van der Waals surface area contributed by atoms with E-state index in [1.807, 2.05) is 55.6 Å². The van der Waals surface area contributed by atoms with Crippen LogP contribution in [0.4, 0.5) is 0 Å². The molecule has 0 saturated carbocycles. The number of Topliss-reactive ketones (excluding diaryl/α,β-unsaturated/α-hetero) is 2. The largest absolute Gasteiger partial charge is 0.378 e. The molecule has 4 nitrogen and oxygen atoms in total. The molecular weight excluding hydrogens is 759 g/mol. The van der Waals surface area contributed by atoms with E-state index in [0.29, 0.717) is 31.0 Å². The molecular formula is C58H121NO3. The van der Waals surface area contributed by atoms with Crippen LogP contribution in [-0.2, 0) is 14.3 Å². The predicted molar refractivity (Wildman–Crippen MR) is 282 cm³/mol. The highest BCUT2D eigenvalue weighted by Crippen LogP contribution is 2.21. The summed E-state index contributed by atoms with van der Waals surface area (Å²) in [7, 11) is 4.10. The van der Waals surface area contributed by atoms with Crippen LogP contribution in [0, 0.1) is 23.7 Å². The number of unbranched alkanes of at least 4 members (excludes halogenated alkanes) is 20. The molecule has 0 aromatic rings. The van der Waals surface area contributed by atoms with Crippen molar-refractivity contribution in [3.8, 4) is 0 Å². The van der Waals surface area contributed by atoms with E-state index in [1.54, 1.807) is 0 Å². The molecule has 4 heteroatoms. The summed E-state index contributed by atoms with van der Waals surface area (Å²) < 4.78 is 5.99. The van der Waals surface area contributed by atoms with Crippen LogP contribution in [0.15, 0.2) is 0 Å². The van der Waals surface area contributed by atoms with Gasteiger partial charge in [0.15, 0.2) is 0 Å². The average molecular weight is 881 g/mol. The van der Waals surface area contributed by atoms with E-state index in [1.165, 1.54) is 180 Å². The summed E-state index contributed by atoms with van der Waals surface area (Å²) in [4.78, 5) is 26.3. The summed E-state index contributed by atoms with van der Waals surface area (Å²) in [6, 6.07) is 0. The fourth-order valence-corrected chi connectivity index (χ4v) is 7.88. The molecule has 0 aromatic carbocycles. The summed E-state index contributed by atoms with van der Waals surface area (Å²) in [5, 5.41) is 0. The van der Waals surface area contributed by atoms with E-state index >= 15 is 0 Å². The van der Waals surface area contributed by atoms with Gasteiger partial charge in [0.05, 0.1) is 6.10 Å². The van der Waals surface area contributed by atoms with Gasteiger partial charge in [-0.2, -0.15) is 0 Å². The van der Waals surface area contributed by atoms with Crippen molar-refractivity contribution in [3.05, 3.63) is 0 Å². The van der Waals surface area contributed by atoms with Crippen molar-refractivity contribution >= 4 is 11.6 Å². The molecule has 0 amide bonds. The number of ether oxygens (including phenoxy) is 1. The van der Waals surface area contributed by atoms with Gasteiger partial charge in [0.2, 0.25) is 0 Å². The Morgan fingerprint density at radius 3 is 0.935 bits per heavy atom. The van der Waals surface area contributed by atoms with Crippen molar-refractivity contribution in [1.29, 1.82) is 0 Å². The van der Waals surface area contributed by atoms with Crippen molar-refractivity contribution in [2.24, 2.45) is 23.7 Å². The van der Waals surface area contributed by atoms with E-state index in [4.69, 9.17) is 4.74 Å². The lowest BCUT2D eigenvalue weighted by molar-refractivity contribution is -0.123. The number of hydrogen-bond acceptors (Lipinski definition) is 4. The Bertz CT molecular complexity index is 751. The van der Waals surface area contributed by atoms with Crippen LogP contribution < -0.4 is 0 Å². The third kappa shape index (κ3) is 55.4. The molecule has 0 heterocycles. The summed E-state index contributed by atoms with van der Waals surface area (Å²) in [6.07, 6.45) is 46.0. The lowest BCUT2D eigenvalue weighted by Crippen LogP contribution is -2.22. The maximum absolute atomic E-state index is 12.1. The van der Waals surface area contributed by atoms with Crippen molar-refractivity contribution in [2.75, 3.05) is 27.2 Å². The Labute approximate surface area is 394 Å². The van der Waals surface area contributed by atoms with E-state index < -0.39 is 0 Å². The van der Waals surface area contributed by atoms with Gasteiger partial charge in [-0.15, -0.1) is 0 Å². The second kappa shape index (κ2) is 56.4. The van der Waals surface area contributed by atoms with Crippen molar-refractivity contribution < 1.29 is 14.3 Å². The van der Waals surface area contributed by atoms with Crippen LogP contribution in [0.1, 0.15) is 308 Å². The van der Waals surface area contributed by atoms with E-state index in [-0.39, 0.29) is 17.9 Å². The second-order valence-corrected chi connectivity index (χ2v) is 19.7. The molecule has 0 rings (SSSR count). The fraction of sp³-hybridized carbons (Fsp3) is 0.966. The van der Waals surface area contributed by atoms with Gasteiger partial charge in [-0.3, -0.25) is 9.59 Å². The van der Waals surface area contributed by atoms with E-state index in [0.717, 1.165) is 50.5 Å². The van der Waals surface area contributed by atoms with Crippen LogP contribution in [0.5, 0.6) is 0 Å². The van der Waals surface area contributed by atoms with Gasteiger partial charge in [0.25, 0.3) is 0 Å². The summed E-state index contributed by atoms with van der Waals surface area (Å²) >= 11 is 0. The Hall–Kier alpha value is -0.740. The normalized spacial score (nSPS) is 12.6. The smallest absolute Gasteiger partial charge is 0.135 e. The Morgan fingerprint density at radius 1 is 0.403 bits per heavy atom. The summed E-state index contributed by atoms with van der Waals surface area (Å²) in [5.41, 5.74) is 0. The Balaban J connectivity index is -0.000000404. The molecule has 0 N–H and O–H groups in total. The number of ketones is 2. The number of carbonyl (C=O) groups excluding carboxylic acids is 2. The Kier molecular flexibility index (Phi) is 61.7. The fourth-order valence-electron chi connectivity index (χ4n) is 7.88. The van der Waals surface area contributed by atoms with Crippen LogP contribution in [-0.4, -0.2) is 49.8 Å². The maximum Gasteiger partial charge on any atom is 0.135 e. The SMILES string of the molecule is CC.CCC(C)C(=O)CCC(CCC(=O)C(C)CC)OCCCN(C)C.CCCCCCCCC(C)CCCCCCCC.CCCCCCCCC(C)CCCCCCCC. The molecule has 0 radical (unpaired) electrons. The molecule has 0 fully saturated rings. The number of rotatable bonds is 43. The van der Waals surface area contributed by atoms with Crippen LogP contribution in [0.3, 0.4) is 0 Å². The van der Waals surface area contributed by atoms with Gasteiger partial charge in [0, 0.05) is 31.3 Å². The molecule has 376 valence electrons. The van der Waals surface area contributed by atoms with Crippen molar-refractivity contribution in [3.63, 3.8) is 0 Å². The Morgan fingerprint density at radius 2 is 0.677 bits per heavy atom. The average Bonchev–Trinajstić information content (AvgIpc) is 3.27. The molecule has 0 aliphatic rings. The summed E-state index contributed by atoms with van der Waals surface area (Å²) in [5.74, 6) is 2.83.